The van der Waals surface area contributed by atoms with Gasteiger partial charge >= 0.3 is 5.97 Å². The van der Waals surface area contributed by atoms with Gasteiger partial charge in [0.1, 0.15) is 18.4 Å². The number of amides is 1. The highest BCUT2D eigenvalue weighted by atomic mass is 32.2. The Labute approximate surface area is 168 Å². The van der Waals surface area contributed by atoms with Gasteiger partial charge in [-0.1, -0.05) is 24.3 Å². The number of sulfonamides is 1. The average molecular weight is 417 g/mol. The highest BCUT2D eigenvalue weighted by molar-refractivity contribution is 7.89. The number of para-hydroxylation sites is 2. The standard InChI is InChI=1S/C19H19N3O6S/c1-13(19(24)22-15-8-4-5-9-16(15)27-2)28-18(23)12-21-29(25,26)17-10-6-3-7-14(17)11-20/h3-10,13,21H,12H2,1-2H3,(H,22,24)/t13-/m1/s1. The second kappa shape index (κ2) is 9.68. The van der Waals surface area contributed by atoms with Crippen LogP contribution in [0.4, 0.5) is 5.69 Å². The number of anilines is 1. The molecule has 1 amide bonds. The van der Waals surface area contributed by atoms with Crippen LogP contribution in [-0.2, 0) is 24.3 Å². The number of nitrogens with zero attached hydrogens (tertiary/aromatic N) is 1. The maximum Gasteiger partial charge on any atom is 0.321 e. The maximum absolute atomic E-state index is 12.3. The number of methoxy groups -OCH3 is 1. The molecular weight excluding hydrogens is 398 g/mol. The number of carbonyl (C=O) groups is 2. The number of nitriles is 1. The summed E-state index contributed by atoms with van der Waals surface area (Å²) in [4.78, 5) is 23.9. The van der Waals surface area contributed by atoms with Gasteiger partial charge in [0.05, 0.1) is 23.3 Å². The molecule has 0 bridgehead atoms. The molecular formula is C19H19N3O6S. The predicted octanol–water partition coefficient (Wildman–Crippen LogP) is 1.42. The predicted molar refractivity (Wildman–Crippen MR) is 104 cm³/mol. The van der Waals surface area contributed by atoms with E-state index >= 15 is 0 Å². The number of ether oxygens (including phenoxy) is 2. The second-order valence-electron chi connectivity index (χ2n) is 5.75. The van der Waals surface area contributed by atoms with Gasteiger partial charge in [0.25, 0.3) is 5.91 Å². The number of hydrogen-bond acceptors (Lipinski definition) is 7. The molecule has 2 rings (SSSR count). The van der Waals surface area contributed by atoms with E-state index in [9.17, 15) is 18.0 Å². The normalized spacial score (nSPS) is 11.8. The van der Waals surface area contributed by atoms with E-state index in [4.69, 9.17) is 14.7 Å². The molecule has 0 aromatic heterocycles. The quantitative estimate of drug-likeness (QED) is 0.620. The van der Waals surface area contributed by atoms with Gasteiger partial charge in [0.15, 0.2) is 6.10 Å². The summed E-state index contributed by atoms with van der Waals surface area (Å²) in [5.74, 6) is -1.13. The molecule has 2 N–H and O–H groups in total. The molecule has 0 saturated heterocycles. The Morgan fingerprint density at radius 1 is 1.14 bits per heavy atom. The van der Waals surface area contributed by atoms with Crippen LogP contribution < -0.4 is 14.8 Å². The van der Waals surface area contributed by atoms with Crippen molar-refractivity contribution < 1.29 is 27.5 Å². The van der Waals surface area contributed by atoms with Gasteiger partial charge in [-0.3, -0.25) is 9.59 Å². The van der Waals surface area contributed by atoms with E-state index in [2.05, 4.69) is 10.0 Å². The molecule has 0 radical (unpaired) electrons. The molecule has 0 aliphatic heterocycles. The SMILES string of the molecule is COc1ccccc1NC(=O)[C@@H](C)OC(=O)CNS(=O)(=O)c1ccccc1C#N. The third-order valence-electron chi connectivity index (χ3n) is 3.75. The topological polar surface area (TPSA) is 135 Å². The van der Waals surface area contributed by atoms with Crippen molar-refractivity contribution >= 4 is 27.6 Å². The molecule has 0 aliphatic rings. The van der Waals surface area contributed by atoms with Crippen LogP contribution in [0, 0.1) is 11.3 Å². The summed E-state index contributed by atoms with van der Waals surface area (Å²) < 4.78 is 36.7. The molecule has 0 unspecified atom stereocenters. The lowest BCUT2D eigenvalue weighted by atomic mass is 10.2. The van der Waals surface area contributed by atoms with Crippen molar-refractivity contribution in [3.05, 3.63) is 54.1 Å². The van der Waals surface area contributed by atoms with E-state index in [1.165, 1.54) is 38.3 Å². The Kier molecular flexibility index (Phi) is 7.30. The summed E-state index contributed by atoms with van der Waals surface area (Å²) in [6.45, 7) is 0.649. The molecule has 0 saturated carbocycles. The fourth-order valence-corrected chi connectivity index (χ4v) is 3.42. The van der Waals surface area contributed by atoms with Gasteiger partial charge in [-0.25, -0.2) is 8.42 Å². The fraction of sp³-hybridized carbons (Fsp3) is 0.211. The van der Waals surface area contributed by atoms with Gasteiger partial charge in [0.2, 0.25) is 10.0 Å². The Morgan fingerprint density at radius 3 is 2.48 bits per heavy atom. The van der Waals surface area contributed by atoms with Gasteiger partial charge < -0.3 is 14.8 Å². The summed E-state index contributed by atoms with van der Waals surface area (Å²) in [6, 6.07) is 14.0. The highest BCUT2D eigenvalue weighted by Gasteiger charge is 2.22. The Hall–Kier alpha value is -3.42. The zero-order valence-electron chi connectivity index (χ0n) is 15.7. The van der Waals surface area contributed by atoms with E-state index in [-0.39, 0.29) is 10.5 Å². The van der Waals surface area contributed by atoms with E-state index in [0.29, 0.717) is 11.4 Å². The highest BCUT2D eigenvalue weighted by Crippen LogP contribution is 2.23. The van der Waals surface area contributed by atoms with E-state index in [0.717, 1.165) is 0 Å². The first kappa shape index (κ1) is 21.9. The molecule has 0 heterocycles. The smallest absolute Gasteiger partial charge is 0.321 e. The zero-order valence-corrected chi connectivity index (χ0v) is 16.5. The van der Waals surface area contributed by atoms with Crippen LogP contribution in [0.25, 0.3) is 0 Å². The number of hydrogen-bond donors (Lipinski definition) is 2. The first-order valence-electron chi connectivity index (χ1n) is 8.40. The van der Waals surface area contributed by atoms with Gasteiger partial charge in [-0.15, -0.1) is 0 Å². The van der Waals surface area contributed by atoms with Crippen LogP contribution in [0.3, 0.4) is 0 Å². The summed E-state index contributed by atoms with van der Waals surface area (Å²) in [5.41, 5.74) is 0.342. The summed E-state index contributed by atoms with van der Waals surface area (Å²) >= 11 is 0. The van der Waals surface area contributed by atoms with Crippen molar-refractivity contribution in [3.8, 4) is 11.8 Å². The summed E-state index contributed by atoms with van der Waals surface area (Å²) in [5, 5.41) is 11.6. The minimum Gasteiger partial charge on any atom is -0.495 e. The van der Waals surface area contributed by atoms with Crippen LogP contribution >= 0.6 is 0 Å². The van der Waals surface area contributed by atoms with Crippen molar-refractivity contribution in [1.82, 2.24) is 4.72 Å². The van der Waals surface area contributed by atoms with Gasteiger partial charge in [-0.2, -0.15) is 9.98 Å². The lowest BCUT2D eigenvalue weighted by molar-refractivity contribution is -0.151. The van der Waals surface area contributed by atoms with Crippen molar-refractivity contribution in [2.24, 2.45) is 0 Å². The minimum atomic E-state index is -4.10. The van der Waals surface area contributed by atoms with Crippen LogP contribution in [0.15, 0.2) is 53.4 Å². The molecule has 0 aliphatic carbocycles. The van der Waals surface area contributed by atoms with Crippen LogP contribution in [0.1, 0.15) is 12.5 Å². The molecule has 10 heteroatoms. The third kappa shape index (κ3) is 5.78. The number of carbonyl (C=O) groups excluding carboxylic acids is 2. The molecule has 29 heavy (non-hydrogen) atoms. The summed E-state index contributed by atoms with van der Waals surface area (Å²) in [6.07, 6.45) is -1.18. The molecule has 2 aromatic carbocycles. The van der Waals surface area contributed by atoms with Crippen LogP contribution in [-0.4, -0.2) is 40.1 Å². The first-order valence-corrected chi connectivity index (χ1v) is 9.89. The van der Waals surface area contributed by atoms with Gasteiger partial charge in [-0.05, 0) is 31.2 Å². The number of benzene rings is 2. The van der Waals surface area contributed by atoms with Crippen LogP contribution in [0.5, 0.6) is 5.75 Å². The van der Waals surface area contributed by atoms with Crippen molar-refractivity contribution in [3.63, 3.8) is 0 Å². The third-order valence-corrected chi connectivity index (χ3v) is 5.21. The molecule has 152 valence electrons. The van der Waals surface area contributed by atoms with Crippen molar-refractivity contribution in [1.29, 1.82) is 5.26 Å². The summed E-state index contributed by atoms with van der Waals surface area (Å²) in [7, 11) is -2.65. The Bertz CT molecular complexity index is 1050. The molecule has 9 nitrogen and oxygen atoms in total. The minimum absolute atomic E-state index is 0.0575. The lowest BCUT2D eigenvalue weighted by Gasteiger charge is -2.15. The zero-order chi connectivity index (χ0) is 21.4. The van der Waals surface area contributed by atoms with Crippen molar-refractivity contribution in [2.75, 3.05) is 19.0 Å². The fourth-order valence-electron chi connectivity index (χ4n) is 2.30. The van der Waals surface area contributed by atoms with E-state index < -0.39 is 34.5 Å². The molecule has 2 aromatic rings. The molecule has 0 spiro atoms. The lowest BCUT2D eigenvalue weighted by Crippen LogP contribution is -2.36. The van der Waals surface area contributed by atoms with Crippen LogP contribution in [0.2, 0.25) is 0 Å². The number of nitrogens with one attached hydrogen (secondary N) is 2. The maximum atomic E-state index is 12.3. The Morgan fingerprint density at radius 2 is 1.79 bits per heavy atom. The average Bonchev–Trinajstić information content (AvgIpc) is 2.72. The van der Waals surface area contributed by atoms with Crippen molar-refractivity contribution in [2.45, 2.75) is 17.9 Å². The second-order valence-corrected chi connectivity index (χ2v) is 7.49. The van der Waals surface area contributed by atoms with E-state index in [1.807, 2.05) is 0 Å². The van der Waals surface area contributed by atoms with E-state index in [1.54, 1.807) is 30.3 Å². The molecule has 1 atom stereocenters. The monoisotopic (exact) mass is 417 g/mol. The molecule has 0 fully saturated rings. The largest absolute Gasteiger partial charge is 0.495 e. The number of esters is 1. The van der Waals surface area contributed by atoms with Gasteiger partial charge in [0, 0.05) is 0 Å². The first-order chi connectivity index (χ1) is 13.8. The number of rotatable bonds is 8. The Balaban J connectivity index is 1.94.